The Kier molecular flexibility index (Phi) is 5.68. The van der Waals surface area contributed by atoms with Gasteiger partial charge in [-0.2, -0.15) is 17.0 Å². The van der Waals surface area contributed by atoms with Crippen molar-refractivity contribution in [1.82, 2.24) is 13.5 Å². The lowest BCUT2D eigenvalue weighted by molar-refractivity contribution is 0.152. The number of likely N-dealkylation sites (tertiary alicyclic amines) is 1. The summed E-state index contributed by atoms with van der Waals surface area (Å²) >= 11 is 0. The lowest BCUT2D eigenvalue weighted by Gasteiger charge is -2.30. The number of nitrogens with zero attached hydrogens (tertiary/aromatic N) is 3. The van der Waals surface area contributed by atoms with Gasteiger partial charge >= 0.3 is 6.09 Å². The maximum atomic E-state index is 12.7. The number of rotatable bonds is 6. The molecule has 0 radical (unpaired) electrons. The summed E-state index contributed by atoms with van der Waals surface area (Å²) in [6.45, 7) is 0.698. The second kappa shape index (κ2) is 7.37. The number of carboxylic acid groups (broad SMARTS) is 1. The highest BCUT2D eigenvalue weighted by Crippen LogP contribution is 2.23. The van der Waals surface area contributed by atoms with Crippen LogP contribution in [0.4, 0.5) is 4.79 Å². The Morgan fingerprint density at radius 2 is 1.96 bits per heavy atom. The Morgan fingerprint density at radius 3 is 2.42 bits per heavy atom. The molecule has 0 saturated carbocycles. The Labute approximate surface area is 142 Å². The molecule has 9 heteroatoms. The smallest absolute Gasteiger partial charge is 0.407 e. The molecule has 1 aromatic rings. The van der Waals surface area contributed by atoms with Gasteiger partial charge in [0.15, 0.2) is 0 Å². The first kappa shape index (κ1) is 18.5. The van der Waals surface area contributed by atoms with E-state index in [1.807, 2.05) is 0 Å². The van der Waals surface area contributed by atoms with Crippen LogP contribution in [0.5, 0.6) is 5.75 Å². The maximum Gasteiger partial charge on any atom is 0.407 e. The quantitative estimate of drug-likeness (QED) is 0.822. The predicted octanol–water partition coefficient (Wildman–Crippen LogP) is 1.06. The number of benzene rings is 1. The molecule has 1 heterocycles. The summed E-state index contributed by atoms with van der Waals surface area (Å²) in [4.78, 5) is 12.4. The number of amides is 1. The van der Waals surface area contributed by atoms with Crippen molar-refractivity contribution >= 4 is 16.3 Å². The molecule has 1 aliphatic rings. The van der Waals surface area contributed by atoms with E-state index in [2.05, 4.69) is 0 Å². The number of hydrogen-bond donors (Lipinski definition) is 1. The summed E-state index contributed by atoms with van der Waals surface area (Å²) < 4.78 is 33.0. The zero-order valence-electron chi connectivity index (χ0n) is 14.0. The minimum absolute atomic E-state index is 0.179. The van der Waals surface area contributed by atoms with E-state index < -0.39 is 16.3 Å². The van der Waals surface area contributed by atoms with Crippen LogP contribution in [-0.2, 0) is 16.8 Å². The van der Waals surface area contributed by atoms with Crippen molar-refractivity contribution in [1.29, 1.82) is 0 Å². The average molecular weight is 357 g/mol. The monoisotopic (exact) mass is 357 g/mol. The van der Waals surface area contributed by atoms with Gasteiger partial charge in [-0.1, -0.05) is 12.1 Å². The first-order chi connectivity index (χ1) is 11.3. The van der Waals surface area contributed by atoms with Gasteiger partial charge in [-0.05, 0) is 24.1 Å². The lowest BCUT2D eigenvalue weighted by Crippen LogP contribution is -2.47. The number of ether oxygens (including phenoxy) is 1. The van der Waals surface area contributed by atoms with Crippen LogP contribution in [0.1, 0.15) is 12.0 Å². The predicted molar refractivity (Wildman–Crippen MR) is 89.1 cm³/mol. The molecule has 1 aromatic carbocycles. The maximum absolute atomic E-state index is 12.7. The van der Waals surface area contributed by atoms with Gasteiger partial charge in [0, 0.05) is 39.8 Å². The van der Waals surface area contributed by atoms with Crippen LogP contribution in [0.15, 0.2) is 24.3 Å². The minimum atomic E-state index is -3.67. The summed E-state index contributed by atoms with van der Waals surface area (Å²) in [5.41, 5.74) is 0.815. The van der Waals surface area contributed by atoms with Crippen molar-refractivity contribution in [2.24, 2.45) is 0 Å². The molecule has 1 amide bonds. The molecule has 1 unspecified atom stereocenters. The summed E-state index contributed by atoms with van der Waals surface area (Å²) in [5, 5.41) is 9.11. The molecule has 0 aliphatic carbocycles. The molecular weight excluding hydrogens is 334 g/mol. The van der Waals surface area contributed by atoms with Gasteiger partial charge in [0.2, 0.25) is 0 Å². The molecular formula is C15H23N3O5S. The second-order valence-corrected chi connectivity index (χ2v) is 7.95. The molecule has 0 aromatic heterocycles. The minimum Gasteiger partial charge on any atom is -0.497 e. The van der Waals surface area contributed by atoms with Crippen LogP contribution in [0.25, 0.3) is 0 Å². The fourth-order valence-electron chi connectivity index (χ4n) is 2.67. The van der Waals surface area contributed by atoms with Gasteiger partial charge in [-0.25, -0.2) is 4.79 Å². The molecule has 2 rings (SSSR count). The third-order valence-electron chi connectivity index (χ3n) is 4.10. The summed E-state index contributed by atoms with van der Waals surface area (Å²) in [5.74, 6) is 0.693. The van der Waals surface area contributed by atoms with Crippen molar-refractivity contribution < 1.29 is 23.1 Å². The Morgan fingerprint density at radius 1 is 1.33 bits per heavy atom. The van der Waals surface area contributed by atoms with Gasteiger partial charge in [-0.15, -0.1) is 0 Å². The SMILES string of the molecule is COc1ccc(CN(C2CCN(C(=O)O)C2)S(=O)(=O)N(C)C)cc1. The first-order valence-electron chi connectivity index (χ1n) is 7.55. The van der Waals surface area contributed by atoms with Crippen molar-refractivity contribution in [2.45, 2.75) is 19.0 Å². The Balaban J connectivity index is 2.25. The molecule has 8 nitrogen and oxygen atoms in total. The topological polar surface area (TPSA) is 90.4 Å². The molecule has 1 saturated heterocycles. The number of hydrogen-bond acceptors (Lipinski definition) is 4. The highest BCUT2D eigenvalue weighted by molar-refractivity contribution is 7.86. The summed E-state index contributed by atoms with van der Waals surface area (Å²) in [6.07, 6.45) is -0.542. The van der Waals surface area contributed by atoms with Gasteiger partial charge in [0.1, 0.15) is 5.75 Å². The van der Waals surface area contributed by atoms with E-state index in [-0.39, 0.29) is 19.1 Å². The van der Waals surface area contributed by atoms with Gasteiger partial charge in [0.25, 0.3) is 10.2 Å². The van der Waals surface area contributed by atoms with Crippen molar-refractivity contribution in [3.63, 3.8) is 0 Å². The standard InChI is InChI=1S/C15H23N3O5S/c1-16(2)24(21,22)18(13-8-9-17(11-13)15(19)20)10-12-4-6-14(23-3)7-5-12/h4-7,13H,8-11H2,1-3H3,(H,19,20). The second-order valence-electron chi connectivity index (χ2n) is 5.85. The number of methoxy groups -OCH3 is 1. The van der Waals surface area contributed by atoms with E-state index in [4.69, 9.17) is 9.84 Å². The van der Waals surface area contributed by atoms with Crippen LogP contribution in [0, 0.1) is 0 Å². The summed E-state index contributed by atoms with van der Waals surface area (Å²) in [6, 6.07) is 6.78. The molecule has 1 N–H and O–H groups in total. The van der Waals surface area contributed by atoms with E-state index >= 15 is 0 Å². The molecule has 1 fully saturated rings. The third-order valence-corrected chi connectivity index (χ3v) is 6.04. The number of carbonyl (C=O) groups is 1. The van der Waals surface area contributed by atoms with E-state index in [1.54, 1.807) is 31.4 Å². The molecule has 1 aliphatic heterocycles. The van der Waals surface area contributed by atoms with Gasteiger partial charge in [0.05, 0.1) is 7.11 Å². The van der Waals surface area contributed by atoms with Crippen LogP contribution >= 0.6 is 0 Å². The highest BCUT2D eigenvalue weighted by Gasteiger charge is 2.37. The molecule has 0 spiro atoms. The lowest BCUT2D eigenvalue weighted by atomic mass is 10.2. The van der Waals surface area contributed by atoms with Crippen molar-refractivity contribution in [3.8, 4) is 5.75 Å². The van der Waals surface area contributed by atoms with Gasteiger partial charge in [-0.3, -0.25) is 0 Å². The summed E-state index contributed by atoms with van der Waals surface area (Å²) in [7, 11) is 0.842. The van der Waals surface area contributed by atoms with Crippen molar-refractivity contribution in [2.75, 3.05) is 34.3 Å². The average Bonchev–Trinajstić information content (AvgIpc) is 3.02. The Hall–Kier alpha value is -1.84. The van der Waals surface area contributed by atoms with Crippen LogP contribution < -0.4 is 4.74 Å². The molecule has 134 valence electrons. The molecule has 1 atom stereocenters. The van der Waals surface area contributed by atoms with Crippen molar-refractivity contribution in [3.05, 3.63) is 29.8 Å². The third kappa shape index (κ3) is 3.97. The van der Waals surface area contributed by atoms with Crippen LogP contribution in [0.3, 0.4) is 0 Å². The molecule has 24 heavy (non-hydrogen) atoms. The van der Waals surface area contributed by atoms with E-state index in [0.717, 1.165) is 9.87 Å². The van der Waals surface area contributed by atoms with E-state index in [0.29, 0.717) is 18.7 Å². The van der Waals surface area contributed by atoms with Gasteiger partial charge < -0.3 is 14.7 Å². The molecule has 0 bridgehead atoms. The zero-order valence-corrected chi connectivity index (χ0v) is 14.9. The zero-order chi connectivity index (χ0) is 17.9. The van der Waals surface area contributed by atoms with Crippen LogP contribution in [-0.4, -0.2) is 73.5 Å². The fourth-order valence-corrected chi connectivity index (χ4v) is 3.95. The fraction of sp³-hybridized carbons (Fsp3) is 0.533. The van der Waals surface area contributed by atoms with E-state index in [9.17, 15) is 13.2 Å². The normalized spacial score (nSPS) is 18.4. The Bertz CT molecular complexity index is 675. The first-order valence-corrected chi connectivity index (χ1v) is 8.95. The highest BCUT2D eigenvalue weighted by atomic mass is 32.2. The van der Waals surface area contributed by atoms with Crippen LogP contribution in [0.2, 0.25) is 0 Å². The van der Waals surface area contributed by atoms with E-state index in [1.165, 1.54) is 23.3 Å². The largest absolute Gasteiger partial charge is 0.497 e.